The molecular formula is C23H26O3. The number of hydrogen-bond acceptors (Lipinski definition) is 3. The van der Waals surface area contributed by atoms with Crippen molar-refractivity contribution < 1.29 is 15.3 Å². The van der Waals surface area contributed by atoms with Crippen molar-refractivity contribution in [3.05, 3.63) is 71.3 Å². The van der Waals surface area contributed by atoms with Crippen molar-refractivity contribution in [1.82, 2.24) is 0 Å². The van der Waals surface area contributed by atoms with E-state index in [4.69, 9.17) is 0 Å². The third kappa shape index (κ3) is 4.00. The van der Waals surface area contributed by atoms with Gasteiger partial charge in [-0.25, -0.2) is 0 Å². The van der Waals surface area contributed by atoms with Crippen LogP contribution in [0.15, 0.2) is 54.6 Å². The van der Waals surface area contributed by atoms with E-state index in [0.29, 0.717) is 17.9 Å². The molecule has 0 saturated carbocycles. The Bertz CT molecular complexity index is 901. The van der Waals surface area contributed by atoms with Crippen LogP contribution in [0.2, 0.25) is 0 Å². The summed E-state index contributed by atoms with van der Waals surface area (Å²) in [5.41, 5.74) is 3.27. The maximum atomic E-state index is 10.4. The first-order valence-corrected chi connectivity index (χ1v) is 9.13. The Labute approximate surface area is 154 Å². The summed E-state index contributed by atoms with van der Waals surface area (Å²) in [7, 11) is 0. The monoisotopic (exact) mass is 350 g/mol. The fourth-order valence-electron chi connectivity index (χ4n) is 3.52. The third-order valence-corrected chi connectivity index (χ3v) is 5.12. The number of aliphatic hydroxyl groups excluding tert-OH is 1. The van der Waals surface area contributed by atoms with E-state index in [1.165, 1.54) is 34.0 Å². The van der Waals surface area contributed by atoms with Crippen LogP contribution in [-0.2, 0) is 6.42 Å². The molecule has 0 amide bonds. The van der Waals surface area contributed by atoms with Gasteiger partial charge >= 0.3 is 0 Å². The Hall–Kier alpha value is -2.52. The molecule has 3 heteroatoms. The minimum atomic E-state index is -0.640. The van der Waals surface area contributed by atoms with Crippen molar-refractivity contribution in [2.24, 2.45) is 5.92 Å². The van der Waals surface area contributed by atoms with Crippen molar-refractivity contribution in [1.29, 1.82) is 0 Å². The fourth-order valence-corrected chi connectivity index (χ4v) is 3.52. The number of rotatable bonds is 6. The summed E-state index contributed by atoms with van der Waals surface area (Å²) in [6.45, 7) is 4.34. The van der Waals surface area contributed by atoms with Gasteiger partial charge in [-0.1, -0.05) is 49.4 Å². The molecule has 0 aliphatic heterocycles. The molecule has 2 atom stereocenters. The summed E-state index contributed by atoms with van der Waals surface area (Å²) in [4.78, 5) is 0. The van der Waals surface area contributed by atoms with E-state index in [9.17, 15) is 15.3 Å². The summed E-state index contributed by atoms with van der Waals surface area (Å²) < 4.78 is 0. The maximum absolute atomic E-state index is 10.4. The van der Waals surface area contributed by atoms with Crippen molar-refractivity contribution in [3.63, 3.8) is 0 Å². The highest BCUT2D eigenvalue weighted by Gasteiger charge is 2.14. The topological polar surface area (TPSA) is 60.7 Å². The zero-order chi connectivity index (χ0) is 18.7. The molecule has 3 nitrogen and oxygen atoms in total. The lowest BCUT2D eigenvalue weighted by Crippen LogP contribution is -2.05. The molecule has 0 bridgehead atoms. The second-order valence-electron chi connectivity index (χ2n) is 7.24. The molecule has 2 unspecified atom stereocenters. The average Bonchev–Trinajstić information content (AvgIpc) is 2.64. The summed E-state index contributed by atoms with van der Waals surface area (Å²) >= 11 is 0. The molecule has 0 aliphatic rings. The lowest BCUT2D eigenvalue weighted by atomic mass is 9.90. The van der Waals surface area contributed by atoms with E-state index >= 15 is 0 Å². The molecule has 0 spiro atoms. The first-order chi connectivity index (χ1) is 12.5. The number of aliphatic hydroxyl groups is 1. The Morgan fingerprint density at radius 2 is 1.58 bits per heavy atom. The van der Waals surface area contributed by atoms with E-state index < -0.39 is 6.10 Å². The van der Waals surface area contributed by atoms with Crippen molar-refractivity contribution in [2.75, 3.05) is 0 Å². The van der Waals surface area contributed by atoms with Gasteiger partial charge in [0.1, 0.15) is 0 Å². The largest absolute Gasteiger partial charge is 0.504 e. The third-order valence-electron chi connectivity index (χ3n) is 5.12. The van der Waals surface area contributed by atoms with Gasteiger partial charge < -0.3 is 15.3 Å². The van der Waals surface area contributed by atoms with Gasteiger partial charge in [-0.2, -0.15) is 0 Å². The van der Waals surface area contributed by atoms with E-state index in [-0.39, 0.29) is 11.5 Å². The fraction of sp³-hybridized carbons (Fsp3) is 0.304. The molecular weight excluding hydrogens is 324 g/mol. The Kier molecular flexibility index (Phi) is 5.48. The Morgan fingerprint density at radius 3 is 2.31 bits per heavy atom. The number of aryl methyl sites for hydroxylation is 1. The second-order valence-corrected chi connectivity index (χ2v) is 7.24. The van der Waals surface area contributed by atoms with Gasteiger partial charge in [0.05, 0.1) is 6.10 Å². The Balaban J connectivity index is 1.65. The van der Waals surface area contributed by atoms with Crippen LogP contribution in [-0.4, -0.2) is 15.3 Å². The number of phenolic OH excluding ortho intramolecular Hbond substituents is 2. The van der Waals surface area contributed by atoms with Gasteiger partial charge in [0.15, 0.2) is 11.5 Å². The highest BCUT2D eigenvalue weighted by molar-refractivity contribution is 5.88. The van der Waals surface area contributed by atoms with Crippen LogP contribution >= 0.6 is 0 Å². The number of hydrogen-bond donors (Lipinski definition) is 3. The zero-order valence-corrected chi connectivity index (χ0v) is 15.3. The van der Waals surface area contributed by atoms with Crippen LogP contribution in [0.5, 0.6) is 11.5 Å². The predicted octanol–water partition coefficient (Wildman–Crippen LogP) is 5.25. The molecule has 0 heterocycles. The smallest absolute Gasteiger partial charge is 0.157 e. The summed E-state index contributed by atoms with van der Waals surface area (Å²) in [5.74, 6) is 0.0720. The first kappa shape index (κ1) is 18.3. The summed E-state index contributed by atoms with van der Waals surface area (Å²) in [6, 6.07) is 17.4. The number of phenols is 2. The number of benzene rings is 3. The molecule has 0 radical (unpaired) electrons. The normalized spacial score (nSPS) is 13.7. The van der Waals surface area contributed by atoms with Crippen LogP contribution in [0.4, 0.5) is 0 Å². The first-order valence-electron chi connectivity index (χ1n) is 9.13. The quantitative estimate of drug-likeness (QED) is 0.532. The molecule has 136 valence electrons. The van der Waals surface area contributed by atoms with Crippen molar-refractivity contribution >= 4 is 10.8 Å². The van der Waals surface area contributed by atoms with E-state index in [1.54, 1.807) is 6.07 Å². The van der Waals surface area contributed by atoms with Crippen LogP contribution in [0.1, 0.15) is 42.6 Å². The molecule has 26 heavy (non-hydrogen) atoms. The van der Waals surface area contributed by atoms with Crippen LogP contribution in [0.3, 0.4) is 0 Å². The molecule has 0 aromatic heterocycles. The summed E-state index contributed by atoms with van der Waals surface area (Å²) in [5, 5.41) is 31.9. The van der Waals surface area contributed by atoms with Crippen molar-refractivity contribution in [2.45, 2.75) is 39.2 Å². The van der Waals surface area contributed by atoms with Gasteiger partial charge in [-0.05, 0) is 71.7 Å². The van der Waals surface area contributed by atoms with Crippen LogP contribution in [0, 0.1) is 12.8 Å². The van der Waals surface area contributed by atoms with Crippen LogP contribution < -0.4 is 0 Å². The van der Waals surface area contributed by atoms with E-state index in [0.717, 1.165) is 12.8 Å². The highest BCUT2D eigenvalue weighted by atomic mass is 16.3. The molecule has 0 saturated heterocycles. The van der Waals surface area contributed by atoms with Gasteiger partial charge in [0, 0.05) is 0 Å². The van der Waals surface area contributed by atoms with Crippen molar-refractivity contribution in [3.8, 4) is 11.5 Å². The van der Waals surface area contributed by atoms with Gasteiger partial charge in [0.25, 0.3) is 0 Å². The Morgan fingerprint density at radius 1 is 0.846 bits per heavy atom. The molecule has 3 rings (SSSR count). The minimum Gasteiger partial charge on any atom is -0.504 e. The van der Waals surface area contributed by atoms with E-state index in [2.05, 4.69) is 50.2 Å². The molecule has 3 N–H and O–H groups in total. The average molecular weight is 350 g/mol. The van der Waals surface area contributed by atoms with Gasteiger partial charge in [0.2, 0.25) is 0 Å². The van der Waals surface area contributed by atoms with Crippen LogP contribution in [0.25, 0.3) is 10.8 Å². The van der Waals surface area contributed by atoms with Gasteiger partial charge in [-0.3, -0.25) is 0 Å². The van der Waals surface area contributed by atoms with E-state index in [1.807, 2.05) is 0 Å². The lowest BCUT2D eigenvalue weighted by Gasteiger charge is -2.17. The predicted molar refractivity (Wildman–Crippen MR) is 106 cm³/mol. The highest BCUT2D eigenvalue weighted by Crippen LogP contribution is 2.31. The lowest BCUT2D eigenvalue weighted by molar-refractivity contribution is 0.157. The SMILES string of the molecule is Cc1ccc(CC(C)CCC(O)c2ccc(O)c(O)c2)c2ccccc12. The zero-order valence-electron chi connectivity index (χ0n) is 15.3. The standard InChI is InChI=1S/C23H26O3/c1-15(7-11-21(24)18-10-12-22(25)23(26)14-18)13-17-9-8-16(2)19-5-3-4-6-20(17)19/h3-6,8-10,12,14-15,21,24-26H,7,11,13H2,1-2H3. The number of fused-ring (bicyclic) bond motifs is 1. The minimum absolute atomic E-state index is 0.166. The second kappa shape index (κ2) is 7.79. The maximum Gasteiger partial charge on any atom is 0.157 e. The molecule has 3 aromatic carbocycles. The molecule has 3 aromatic rings. The molecule has 0 aliphatic carbocycles. The number of aromatic hydroxyl groups is 2. The molecule has 0 fully saturated rings. The summed E-state index contributed by atoms with van der Waals surface area (Å²) in [6.07, 6.45) is 1.83. The van der Waals surface area contributed by atoms with Gasteiger partial charge in [-0.15, -0.1) is 0 Å².